The van der Waals surface area contributed by atoms with Crippen molar-refractivity contribution < 1.29 is 9.47 Å². The topological polar surface area (TPSA) is 36.2 Å². The van der Waals surface area contributed by atoms with Crippen LogP contribution in [0.1, 0.15) is 17.7 Å². The molecule has 2 rings (SSSR count). The molecule has 0 fully saturated rings. The second-order valence-corrected chi connectivity index (χ2v) is 2.99. The summed E-state index contributed by atoms with van der Waals surface area (Å²) in [5, 5.41) is 11.2. The maximum absolute atomic E-state index is 11.2. The van der Waals surface area contributed by atoms with Gasteiger partial charge in [0, 0.05) is 12.5 Å². The average molecular weight is 165 g/mol. The van der Waals surface area contributed by atoms with Crippen molar-refractivity contribution in [3.05, 3.63) is 28.7 Å². The summed E-state index contributed by atoms with van der Waals surface area (Å²) in [6.07, 6.45) is 4.44. The van der Waals surface area contributed by atoms with Crippen molar-refractivity contribution in [3.63, 3.8) is 0 Å². The molecule has 64 valence electrons. The lowest BCUT2D eigenvalue weighted by Gasteiger charge is -2.06. The number of rotatable bonds is 1. The number of pyridine rings is 1. The molecule has 0 saturated carbocycles. The fourth-order valence-electron chi connectivity index (χ4n) is 1.75. The second-order valence-electron chi connectivity index (χ2n) is 2.99. The van der Waals surface area contributed by atoms with Gasteiger partial charge in [-0.25, -0.2) is 0 Å². The van der Waals surface area contributed by atoms with Crippen molar-refractivity contribution in [2.24, 2.45) is 0 Å². The van der Waals surface area contributed by atoms with Crippen LogP contribution in [0.5, 0.6) is 5.75 Å². The summed E-state index contributed by atoms with van der Waals surface area (Å²) in [5.41, 5.74) is 1.98. The SMILES string of the molecule is COc1cc[n+]([O-])c2c1CCC2. The fraction of sp³-hybridized carbons (Fsp3) is 0.444. The summed E-state index contributed by atoms with van der Waals surface area (Å²) in [6.45, 7) is 0. The fourth-order valence-corrected chi connectivity index (χ4v) is 1.75. The zero-order chi connectivity index (χ0) is 8.55. The van der Waals surface area contributed by atoms with Crippen LogP contribution < -0.4 is 9.47 Å². The highest BCUT2D eigenvalue weighted by Gasteiger charge is 2.22. The van der Waals surface area contributed by atoms with Gasteiger partial charge in [-0.3, -0.25) is 0 Å². The predicted octanol–water partition coefficient (Wildman–Crippen LogP) is 0.817. The number of aromatic nitrogens is 1. The quantitative estimate of drug-likeness (QED) is 0.456. The lowest BCUT2D eigenvalue weighted by molar-refractivity contribution is -0.613. The Morgan fingerprint density at radius 2 is 2.33 bits per heavy atom. The van der Waals surface area contributed by atoms with E-state index in [2.05, 4.69) is 0 Å². The average Bonchev–Trinajstić information content (AvgIpc) is 2.54. The molecule has 0 radical (unpaired) electrons. The van der Waals surface area contributed by atoms with E-state index in [1.165, 1.54) is 6.20 Å². The Balaban J connectivity index is 2.57. The Labute approximate surface area is 71.2 Å². The Morgan fingerprint density at radius 1 is 1.50 bits per heavy atom. The second kappa shape index (κ2) is 2.66. The standard InChI is InChI=1S/C9H11NO2/c1-12-9-5-6-10(11)8-4-2-3-7(8)9/h5-6H,2-4H2,1H3. The molecule has 0 unspecified atom stereocenters. The van der Waals surface area contributed by atoms with Crippen molar-refractivity contribution in [1.29, 1.82) is 0 Å². The van der Waals surface area contributed by atoms with E-state index in [9.17, 15) is 5.21 Å². The number of nitrogens with zero attached hydrogens (tertiary/aromatic N) is 1. The van der Waals surface area contributed by atoms with Crippen molar-refractivity contribution in [2.75, 3.05) is 7.11 Å². The van der Waals surface area contributed by atoms with E-state index < -0.39 is 0 Å². The summed E-state index contributed by atoms with van der Waals surface area (Å²) in [6, 6.07) is 1.73. The number of methoxy groups -OCH3 is 1. The summed E-state index contributed by atoms with van der Waals surface area (Å²) < 4.78 is 6.11. The third kappa shape index (κ3) is 0.932. The molecule has 12 heavy (non-hydrogen) atoms. The van der Waals surface area contributed by atoms with E-state index in [0.29, 0.717) is 0 Å². The van der Waals surface area contributed by atoms with E-state index in [1.807, 2.05) is 0 Å². The molecule has 1 aliphatic rings. The Kier molecular flexibility index (Phi) is 1.64. The van der Waals surface area contributed by atoms with Crippen LogP contribution in [0.15, 0.2) is 12.3 Å². The van der Waals surface area contributed by atoms with Gasteiger partial charge < -0.3 is 9.94 Å². The lowest BCUT2D eigenvalue weighted by Crippen LogP contribution is -2.31. The molecule has 0 atom stereocenters. The molecular formula is C9H11NO2. The maximum atomic E-state index is 11.2. The summed E-state index contributed by atoms with van der Waals surface area (Å²) in [7, 11) is 1.64. The van der Waals surface area contributed by atoms with Crippen LogP contribution in [0.25, 0.3) is 0 Å². The molecule has 3 nitrogen and oxygen atoms in total. The first-order chi connectivity index (χ1) is 5.83. The van der Waals surface area contributed by atoms with Gasteiger partial charge in [-0.1, -0.05) is 0 Å². The van der Waals surface area contributed by atoms with Gasteiger partial charge in [-0.2, -0.15) is 4.73 Å². The molecule has 1 aromatic rings. The molecular weight excluding hydrogens is 154 g/mol. The Hall–Kier alpha value is -1.25. The minimum atomic E-state index is 0.856. The van der Waals surface area contributed by atoms with Gasteiger partial charge in [0.1, 0.15) is 5.75 Å². The molecule has 1 aliphatic carbocycles. The largest absolute Gasteiger partial charge is 0.618 e. The zero-order valence-electron chi connectivity index (χ0n) is 7.04. The van der Waals surface area contributed by atoms with Gasteiger partial charge in [0.25, 0.3) is 0 Å². The molecule has 0 spiro atoms. The lowest BCUT2D eigenvalue weighted by atomic mass is 10.2. The van der Waals surface area contributed by atoms with Gasteiger partial charge in [-0.05, 0) is 12.8 Å². The van der Waals surface area contributed by atoms with Gasteiger partial charge in [-0.15, -0.1) is 0 Å². The zero-order valence-corrected chi connectivity index (χ0v) is 7.04. The van der Waals surface area contributed by atoms with Gasteiger partial charge in [0.15, 0.2) is 11.9 Å². The number of ether oxygens (including phenoxy) is 1. The van der Waals surface area contributed by atoms with Crippen LogP contribution in [0.4, 0.5) is 0 Å². The molecule has 0 aromatic carbocycles. The molecule has 0 bridgehead atoms. The van der Waals surface area contributed by atoms with Crippen molar-refractivity contribution in [3.8, 4) is 5.75 Å². The molecule has 0 aliphatic heterocycles. The van der Waals surface area contributed by atoms with Crippen LogP contribution in [-0.4, -0.2) is 7.11 Å². The van der Waals surface area contributed by atoms with E-state index in [0.717, 1.165) is 41.0 Å². The third-order valence-corrected chi connectivity index (χ3v) is 2.33. The van der Waals surface area contributed by atoms with Gasteiger partial charge in [0.2, 0.25) is 0 Å². The van der Waals surface area contributed by atoms with Crippen LogP contribution in [-0.2, 0) is 12.8 Å². The third-order valence-electron chi connectivity index (χ3n) is 2.33. The minimum Gasteiger partial charge on any atom is -0.618 e. The highest BCUT2D eigenvalue weighted by Crippen LogP contribution is 2.27. The Morgan fingerprint density at radius 3 is 3.08 bits per heavy atom. The number of fused-ring (bicyclic) bond motifs is 1. The van der Waals surface area contributed by atoms with Crippen LogP contribution in [0.3, 0.4) is 0 Å². The number of hydrogen-bond donors (Lipinski definition) is 0. The summed E-state index contributed by atoms with van der Waals surface area (Å²) >= 11 is 0. The van der Waals surface area contributed by atoms with Crippen molar-refractivity contribution in [1.82, 2.24) is 0 Å². The van der Waals surface area contributed by atoms with Gasteiger partial charge >= 0.3 is 0 Å². The normalized spacial score (nSPS) is 14.4. The minimum absolute atomic E-state index is 0.856. The summed E-state index contributed by atoms with van der Waals surface area (Å²) in [5.74, 6) is 0.856. The van der Waals surface area contributed by atoms with E-state index in [-0.39, 0.29) is 0 Å². The van der Waals surface area contributed by atoms with Crippen molar-refractivity contribution in [2.45, 2.75) is 19.3 Å². The predicted molar refractivity (Wildman–Crippen MR) is 44.0 cm³/mol. The highest BCUT2D eigenvalue weighted by molar-refractivity contribution is 5.36. The molecule has 0 amide bonds. The first-order valence-corrected chi connectivity index (χ1v) is 4.11. The van der Waals surface area contributed by atoms with E-state index >= 15 is 0 Å². The van der Waals surface area contributed by atoms with Gasteiger partial charge in [0.05, 0.1) is 12.7 Å². The Bertz CT molecular complexity index is 310. The molecule has 3 heteroatoms. The smallest absolute Gasteiger partial charge is 0.199 e. The number of hydrogen-bond acceptors (Lipinski definition) is 2. The van der Waals surface area contributed by atoms with E-state index in [1.54, 1.807) is 13.2 Å². The van der Waals surface area contributed by atoms with Crippen LogP contribution in [0.2, 0.25) is 0 Å². The maximum Gasteiger partial charge on any atom is 0.199 e. The monoisotopic (exact) mass is 165 g/mol. The first kappa shape index (κ1) is 7.40. The van der Waals surface area contributed by atoms with E-state index in [4.69, 9.17) is 4.74 Å². The summed E-state index contributed by atoms with van der Waals surface area (Å²) in [4.78, 5) is 0. The van der Waals surface area contributed by atoms with Crippen molar-refractivity contribution >= 4 is 0 Å². The molecule has 1 heterocycles. The highest BCUT2D eigenvalue weighted by atomic mass is 16.5. The van der Waals surface area contributed by atoms with Crippen LogP contribution in [0, 0.1) is 5.21 Å². The molecule has 0 saturated heterocycles. The molecule has 1 aromatic heterocycles. The van der Waals surface area contributed by atoms with Crippen LogP contribution >= 0.6 is 0 Å². The molecule has 0 N–H and O–H groups in total. The first-order valence-electron chi connectivity index (χ1n) is 4.11.